The zero-order valence-corrected chi connectivity index (χ0v) is 18.5. The minimum absolute atomic E-state index is 0.0177. The van der Waals surface area contributed by atoms with Crippen LogP contribution in [0.5, 0.6) is 0 Å². The molecular weight excluding hydrogens is 422 g/mol. The van der Waals surface area contributed by atoms with Crippen LogP contribution >= 0.6 is 0 Å². The Balaban J connectivity index is 1.30. The number of hydrogen-bond acceptors (Lipinski definition) is 5. The number of hydrogen-bond donors (Lipinski definition) is 2. The lowest BCUT2D eigenvalue weighted by Crippen LogP contribution is -2.49. The van der Waals surface area contributed by atoms with E-state index in [1.165, 1.54) is 6.92 Å². The summed E-state index contributed by atoms with van der Waals surface area (Å²) in [5.41, 5.74) is 2.01. The second-order valence-electron chi connectivity index (χ2n) is 8.15. The Bertz CT molecular complexity index is 1050. The highest BCUT2D eigenvalue weighted by Crippen LogP contribution is 2.24. The highest BCUT2D eigenvalue weighted by Gasteiger charge is 2.39. The predicted octanol–water partition coefficient (Wildman–Crippen LogP) is 2.20. The summed E-state index contributed by atoms with van der Waals surface area (Å²) in [6.45, 7) is 4.15. The fourth-order valence-electron chi connectivity index (χ4n) is 4.18. The minimum atomic E-state index is -0.753. The van der Waals surface area contributed by atoms with Gasteiger partial charge in [-0.3, -0.25) is 14.4 Å². The second-order valence-corrected chi connectivity index (χ2v) is 8.15. The highest BCUT2D eigenvalue weighted by atomic mass is 16.2. The zero-order valence-electron chi connectivity index (χ0n) is 18.5. The Labute approximate surface area is 192 Å². The van der Waals surface area contributed by atoms with Crippen molar-refractivity contribution in [2.75, 3.05) is 41.3 Å². The number of benzene rings is 2. The van der Waals surface area contributed by atoms with Crippen molar-refractivity contribution in [1.29, 1.82) is 0 Å². The van der Waals surface area contributed by atoms with Crippen molar-refractivity contribution >= 4 is 40.8 Å². The molecule has 9 heteroatoms. The Morgan fingerprint density at radius 2 is 1.67 bits per heavy atom. The Morgan fingerprint density at radius 3 is 2.36 bits per heavy atom. The fourth-order valence-corrected chi connectivity index (χ4v) is 4.18. The summed E-state index contributed by atoms with van der Waals surface area (Å²) in [6.07, 6.45) is 0.423. The molecule has 0 spiro atoms. The van der Waals surface area contributed by atoms with Crippen LogP contribution < -0.4 is 20.4 Å². The van der Waals surface area contributed by atoms with Gasteiger partial charge in [-0.05, 0) is 36.8 Å². The monoisotopic (exact) mass is 449 g/mol. The molecule has 2 saturated heterocycles. The smallest absolute Gasteiger partial charge is 0.329 e. The van der Waals surface area contributed by atoms with E-state index in [0.717, 1.165) is 23.7 Å². The number of imide groups is 1. The average molecular weight is 450 g/mol. The van der Waals surface area contributed by atoms with E-state index in [9.17, 15) is 19.2 Å². The van der Waals surface area contributed by atoms with Gasteiger partial charge in [-0.15, -0.1) is 0 Å². The molecule has 1 atom stereocenters. The number of piperazine rings is 1. The van der Waals surface area contributed by atoms with Gasteiger partial charge in [-0.1, -0.05) is 24.3 Å². The lowest BCUT2D eigenvalue weighted by Gasteiger charge is -2.36. The first kappa shape index (κ1) is 22.3. The van der Waals surface area contributed by atoms with E-state index >= 15 is 0 Å². The highest BCUT2D eigenvalue weighted by molar-refractivity contribution is 6.21. The summed E-state index contributed by atoms with van der Waals surface area (Å²) < 4.78 is 0. The molecule has 0 radical (unpaired) electrons. The number of amides is 5. The van der Waals surface area contributed by atoms with Gasteiger partial charge in [0.2, 0.25) is 11.8 Å². The molecule has 2 aliphatic heterocycles. The molecule has 5 amide bonds. The van der Waals surface area contributed by atoms with Crippen LogP contribution in [0.25, 0.3) is 0 Å². The quantitative estimate of drug-likeness (QED) is 0.659. The van der Waals surface area contributed by atoms with Gasteiger partial charge in [0.05, 0.1) is 5.69 Å². The van der Waals surface area contributed by atoms with E-state index in [1.807, 2.05) is 23.1 Å². The molecule has 2 N–H and O–H groups in total. The normalized spacial score (nSPS) is 18.3. The molecule has 0 aliphatic carbocycles. The van der Waals surface area contributed by atoms with Crippen molar-refractivity contribution in [3.05, 3.63) is 54.6 Å². The molecule has 0 saturated carbocycles. The maximum absolute atomic E-state index is 12.9. The van der Waals surface area contributed by atoms with Crippen molar-refractivity contribution in [3.63, 3.8) is 0 Å². The van der Waals surface area contributed by atoms with E-state index < -0.39 is 18.0 Å². The SMILES string of the molecule is CC(=O)Nc1cccc(N2C(=O)N[C@H](CCC(=O)N3CCN(c4ccccc4)CC3)C2=O)c1. The van der Waals surface area contributed by atoms with Crippen LogP contribution in [-0.2, 0) is 14.4 Å². The number of nitrogens with one attached hydrogen (secondary N) is 2. The third kappa shape index (κ3) is 5.14. The largest absolute Gasteiger partial charge is 0.368 e. The maximum Gasteiger partial charge on any atom is 0.329 e. The number of nitrogens with zero attached hydrogens (tertiary/aromatic N) is 3. The molecule has 2 aromatic rings. The van der Waals surface area contributed by atoms with E-state index in [4.69, 9.17) is 0 Å². The first-order chi connectivity index (χ1) is 15.9. The van der Waals surface area contributed by atoms with Gasteiger partial charge in [0.15, 0.2) is 0 Å². The summed E-state index contributed by atoms with van der Waals surface area (Å²) in [5, 5.41) is 5.31. The van der Waals surface area contributed by atoms with Crippen LogP contribution in [0.1, 0.15) is 19.8 Å². The molecule has 2 aliphatic rings. The van der Waals surface area contributed by atoms with Crippen LogP contribution in [0.4, 0.5) is 21.9 Å². The van der Waals surface area contributed by atoms with Crippen LogP contribution in [0.15, 0.2) is 54.6 Å². The number of rotatable bonds is 6. The second kappa shape index (κ2) is 9.72. The van der Waals surface area contributed by atoms with Crippen LogP contribution in [-0.4, -0.2) is 60.9 Å². The Morgan fingerprint density at radius 1 is 0.970 bits per heavy atom. The topological polar surface area (TPSA) is 102 Å². The van der Waals surface area contributed by atoms with Crippen molar-refractivity contribution in [2.24, 2.45) is 0 Å². The molecule has 0 bridgehead atoms. The fraction of sp³-hybridized carbons (Fsp3) is 0.333. The molecule has 2 heterocycles. The number of para-hydroxylation sites is 1. The zero-order chi connectivity index (χ0) is 23.4. The summed E-state index contributed by atoms with van der Waals surface area (Å²) in [4.78, 5) is 54.4. The third-order valence-corrected chi connectivity index (χ3v) is 5.84. The van der Waals surface area contributed by atoms with Crippen molar-refractivity contribution in [1.82, 2.24) is 10.2 Å². The van der Waals surface area contributed by atoms with E-state index in [-0.39, 0.29) is 24.7 Å². The molecule has 2 fully saturated rings. The van der Waals surface area contributed by atoms with Gasteiger partial charge in [0.25, 0.3) is 5.91 Å². The lowest BCUT2D eigenvalue weighted by molar-refractivity contribution is -0.131. The van der Waals surface area contributed by atoms with E-state index in [2.05, 4.69) is 27.7 Å². The van der Waals surface area contributed by atoms with E-state index in [1.54, 1.807) is 24.3 Å². The summed E-state index contributed by atoms with van der Waals surface area (Å²) in [6, 6.07) is 15.3. The van der Waals surface area contributed by atoms with Crippen LogP contribution in [0.3, 0.4) is 0 Å². The van der Waals surface area contributed by atoms with E-state index in [0.29, 0.717) is 24.5 Å². The van der Waals surface area contributed by atoms with Gasteiger partial charge < -0.3 is 20.4 Å². The molecule has 4 rings (SSSR count). The molecule has 33 heavy (non-hydrogen) atoms. The van der Waals surface area contributed by atoms with Crippen molar-refractivity contribution < 1.29 is 19.2 Å². The Hall–Kier alpha value is -3.88. The maximum atomic E-state index is 12.9. The van der Waals surface area contributed by atoms with Gasteiger partial charge in [-0.25, -0.2) is 9.69 Å². The number of urea groups is 1. The third-order valence-electron chi connectivity index (χ3n) is 5.84. The first-order valence-corrected chi connectivity index (χ1v) is 11.0. The number of anilines is 3. The molecule has 172 valence electrons. The van der Waals surface area contributed by atoms with Crippen LogP contribution in [0.2, 0.25) is 0 Å². The lowest BCUT2D eigenvalue weighted by atomic mass is 10.1. The standard InChI is InChI=1S/C24H27N5O4/c1-17(30)25-18-6-5-9-20(16-18)29-23(32)21(26-24(29)33)10-11-22(31)28-14-12-27(13-15-28)19-7-3-2-4-8-19/h2-9,16,21H,10-15H2,1H3,(H,25,30)(H,26,33)/t21-/m1/s1. The van der Waals surface area contributed by atoms with Crippen molar-refractivity contribution in [2.45, 2.75) is 25.8 Å². The molecule has 9 nitrogen and oxygen atoms in total. The number of carbonyl (C=O) groups is 4. The average Bonchev–Trinajstić information content (AvgIpc) is 3.10. The summed E-state index contributed by atoms with van der Waals surface area (Å²) in [7, 11) is 0. The number of carbonyl (C=O) groups excluding carboxylic acids is 4. The van der Waals surface area contributed by atoms with Gasteiger partial charge >= 0.3 is 6.03 Å². The molecule has 2 aromatic carbocycles. The molecule has 0 aromatic heterocycles. The summed E-state index contributed by atoms with van der Waals surface area (Å²) in [5.74, 6) is -0.664. The van der Waals surface area contributed by atoms with Gasteiger partial charge in [-0.2, -0.15) is 0 Å². The summed E-state index contributed by atoms with van der Waals surface area (Å²) >= 11 is 0. The van der Waals surface area contributed by atoms with Crippen molar-refractivity contribution in [3.8, 4) is 0 Å². The van der Waals surface area contributed by atoms with Gasteiger partial charge in [0, 0.05) is 50.9 Å². The first-order valence-electron chi connectivity index (χ1n) is 11.0. The van der Waals surface area contributed by atoms with Gasteiger partial charge in [0.1, 0.15) is 6.04 Å². The Kier molecular flexibility index (Phi) is 6.58. The molecular formula is C24H27N5O4. The minimum Gasteiger partial charge on any atom is -0.368 e. The molecule has 0 unspecified atom stereocenters. The predicted molar refractivity (Wildman–Crippen MR) is 125 cm³/mol. The van der Waals surface area contributed by atoms with Crippen LogP contribution in [0, 0.1) is 0 Å².